The van der Waals surface area contributed by atoms with Crippen LogP contribution in [0.15, 0.2) is 22.7 Å². The Morgan fingerprint density at radius 2 is 2.24 bits per heavy atom. The predicted molar refractivity (Wildman–Crippen MR) is 67.6 cm³/mol. The molecule has 0 aliphatic rings. The zero-order valence-electron chi connectivity index (χ0n) is 9.87. The van der Waals surface area contributed by atoms with Gasteiger partial charge in [0.15, 0.2) is 0 Å². The van der Waals surface area contributed by atoms with E-state index in [2.05, 4.69) is 15.9 Å². The number of hydrogen-bond donors (Lipinski definition) is 0. The number of carbonyl (C=O) groups is 1. The molecule has 0 saturated carbocycles. The molecule has 1 rings (SSSR count). The lowest BCUT2D eigenvalue weighted by atomic mass is 10.2. The molecule has 0 bridgehead atoms. The Labute approximate surface area is 109 Å². The number of nitrogens with zero attached hydrogens (tertiary/aromatic N) is 1. The number of carbonyl (C=O) groups excluding carboxylic acids is 1. The number of amides is 1. The van der Waals surface area contributed by atoms with E-state index in [0.29, 0.717) is 18.7 Å². The lowest BCUT2D eigenvalue weighted by Gasteiger charge is -2.17. The molecular weight excluding hydrogens is 289 g/mol. The fraction of sp³-hybridized carbons (Fsp3) is 0.417. The second-order valence-electron chi connectivity index (χ2n) is 3.67. The first-order chi connectivity index (χ1) is 8.07. The van der Waals surface area contributed by atoms with Crippen LogP contribution in [-0.4, -0.2) is 38.1 Å². The second kappa shape index (κ2) is 6.71. The van der Waals surface area contributed by atoms with Gasteiger partial charge >= 0.3 is 0 Å². The van der Waals surface area contributed by atoms with Crippen LogP contribution in [0, 0.1) is 5.82 Å². The highest BCUT2D eigenvalue weighted by Crippen LogP contribution is 2.21. The summed E-state index contributed by atoms with van der Waals surface area (Å²) in [5, 5.41) is 0. The number of hydrogen-bond acceptors (Lipinski definition) is 2. The van der Waals surface area contributed by atoms with E-state index in [9.17, 15) is 9.18 Å². The summed E-state index contributed by atoms with van der Waals surface area (Å²) in [5.74, 6) is -0.631. The van der Waals surface area contributed by atoms with Crippen molar-refractivity contribution in [2.45, 2.75) is 6.42 Å². The molecule has 0 unspecified atom stereocenters. The van der Waals surface area contributed by atoms with Crippen molar-refractivity contribution in [3.63, 3.8) is 0 Å². The molecule has 0 spiro atoms. The lowest BCUT2D eigenvalue weighted by Crippen LogP contribution is -2.28. The van der Waals surface area contributed by atoms with E-state index in [0.717, 1.165) is 6.42 Å². The molecule has 0 N–H and O–H groups in total. The average molecular weight is 304 g/mol. The molecular formula is C12H15BrFNO2. The summed E-state index contributed by atoms with van der Waals surface area (Å²) in [6.07, 6.45) is 0.756. The Kier molecular flexibility index (Phi) is 5.58. The van der Waals surface area contributed by atoms with Crippen molar-refractivity contribution >= 4 is 21.8 Å². The van der Waals surface area contributed by atoms with Gasteiger partial charge in [0, 0.05) is 27.3 Å². The van der Waals surface area contributed by atoms with Crippen LogP contribution in [-0.2, 0) is 4.74 Å². The van der Waals surface area contributed by atoms with Gasteiger partial charge in [0.1, 0.15) is 5.82 Å². The largest absolute Gasteiger partial charge is 0.385 e. The third kappa shape index (κ3) is 3.78. The molecule has 1 amide bonds. The monoisotopic (exact) mass is 303 g/mol. The molecule has 17 heavy (non-hydrogen) atoms. The molecule has 94 valence electrons. The van der Waals surface area contributed by atoms with Crippen molar-refractivity contribution in [1.82, 2.24) is 4.90 Å². The Balaban J connectivity index is 2.71. The van der Waals surface area contributed by atoms with Crippen molar-refractivity contribution in [1.29, 1.82) is 0 Å². The SMILES string of the molecule is COCCCN(C)C(=O)c1cccc(F)c1Br. The van der Waals surface area contributed by atoms with E-state index < -0.39 is 5.82 Å². The van der Waals surface area contributed by atoms with Gasteiger partial charge in [-0.2, -0.15) is 0 Å². The summed E-state index contributed by atoms with van der Waals surface area (Å²) < 4.78 is 18.4. The molecule has 0 radical (unpaired) electrons. The van der Waals surface area contributed by atoms with Gasteiger partial charge in [-0.3, -0.25) is 4.79 Å². The van der Waals surface area contributed by atoms with E-state index in [1.165, 1.54) is 12.1 Å². The van der Waals surface area contributed by atoms with Crippen molar-refractivity contribution in [2.75, 3.05) is 27.3 Å². The molecule has 0 aliphatic carbocycles. The third-order valence-corrected chi connectivity index (χ3v) is 3.18. The Morgan fingerprint density at radius 1 is 1.53 bits per heavy atom. The summed E-state index contributed by atoms with van der Waals surface area (Å²) in [7, 11) is 3.31. The molecule has 1 aromatic rings. The molecule has 0 aromatic heterocycles. The predicted octanol–water partition coefficient (Wildman–Crippen LogP) is 2.70. The standard InChI is InChI=1S/C12H15BrFNO2/c1-15(7-4-8-17-2)12(16)9-5-3-6-10(14)11(9)13/h3,5-6H,4,7-8H2,1-2H3. The Morgan fingerprint density at radius 3 is 2.88 bits per heavy atom. The van der Waals surface area contributed by atoms with Gasteiger partial charge in [-0.25, -0.2) is 4.39 Å². The van der Waals surface area contributed by atoms with Gasteiger partial charge in [0.25, 0.3) is 5.91 Å². The maximum absolute atomic E-state index is 13.3. The molecule has 3 nitrogen and oxygen atoms in total. The van der Waals surface area contributed by atoms with Gasteiger partial charge < -0.3 is 9.64 Å². The van der Waals surface area contributed by atoms with Crippen molar-refractivity contribution in [2.24, 2.45) is 0 Å². The normalized spacial score (nSPS) is 10.4. The lowest BCUT2D eigenvalue weighted by molar-refractivity contribution is 0.0778. The zero-order chi connectivity index (χ0) is 12.8. The Hall–Kier alpha value is -0.940. The molecule has 0 saturated heterocycles. The first-order valence-corrected chi connectivity index (χ1v) is 6.05. The Bertz CT molecular complexity index is 398. The highest BCUT2D eigenvalue weighted by Gasteiger charge is 2.16. The average Bonchev–Trinajstić information content (AvgIpc) is 2.32. The number of halogens is 2. The summed E-state index contributed by atoms with van der Waals surface area (Å²) >= 11 is 3.08. The van der Waals surface area contributed by atoms with Crippen LogP contribution in [0.5, 0.6) is 0 Å². The van der Waals surface area contributed by atoms with Crippen molar-refractivity contribution in [3.05, 3.63) is 34.1 Å². The molecule has 1 aromatic carbocycles. The third-order valence-electron chi connectivity index (χ3n) is 2.37. The maximum atomic E-state index is 13.3. The smallest absolute Gasteiger partial charge is 0.254 e. The van der Waals surface area contributed by atoms with Gasteiger partial charge in [-0.1, -0.05) is 6.07 Å². The fourth-order valence-electron chi connectivity index (χ4n) is 1.42. The molecule has 0 atom stereocenters. The van der Waals surface area contributed by atoms with Crippen LogP contribution >= 0.6 is 15.9 Å². The maximum Gasteiger partial charge on any atom is 0.254 e. The second-order valence-corrected chi connectivity index (χ2v) is 4.47. The quantitative estimate of drug-likeness (QED) is 0.783. The van der Waals surface area contributed by atoms with Crippen LogP contribution in [0.3, 0.4) is 0 Å². The highest BCUT2D eigenvalue weighted by molar-refractivity contribution is 9.10. The zero-order valence-corrected chi connectivity index (χ0v) is 11.5. The minimum atomic E-state index is -0.429. The van der Waals surface area contributed by atoms with Gasteiger partial charge in [0.2, 0.25) is 0 Å². The summed E-state index contributed by atoms with van der Waals surface area (Å²) in [6.45, 7) is 1.18. The molecule has 5 heteroatoms. The van der Waals surface area contributed by atoms with Crippen LogP contribution < -0.4 is 0 Å². The van der Waals surface area contributed by atoms with E-state index in [4.69, 9.17) is 4.74 Å². The van der Waals surface area contributed by atoms with E-state index in [-0.39, 0.29) is 10.4 Å². The number of ether oxygens (including phenoxy) is 1. The van der Waals surface area contributed by atoms with Gasteiger partial charge in [-0.05, 0) is 34.5 Å². The summed E-state index contributed by atoms with van der Waals surface area (Å²) in [6, 6.07) is 4.43. The van der Waals surface area contributed by atoms with Crippen LogP contribution in [0.2, 0.25) is 0 Å². The number of methoxy groups -OCH3 is 1. The van der Waals surface area contributed by atoms with Crippen LogP contribution in [0.1, 0.15) is 16.8 Å². The fourth-order valence-corrected chi connectivity index (χ4v) is 1.86. The first-order valence-electron chi connectivity index (χ1n) is 5.26. The summed E-state index contributed by atoms with van der Waals surface area (Å²) in [4.78, 5) is 13.6. The minimum absolute atomic E-state index is 0.201. The van der Waals surface area contributed by atoms with Crippen LogP contribution in [0.25, 0.3) is 0 Å². The molecule has 0 heterocycles. The molecule has 0 aliphatic heterocycles. The van der Waals surface area contributed by atoms with Gasteiger partial charge in [0.05, 0.1) is 10.0 Å². The van der Waals surface area contributed by atoms with Crippen molar-refractivity contribution < 1.29 is 13.9 Å². The number of benzene rings is 1. The topological polar surface area (TPSA) is 29.5 Å². The van der Waals surface area contributed by atoms with Crippen LogP contribution in [0.4, 0.5) is 4.39 Å². The van der Waals surface area contributed by atoms with Gasteiger partial charge in [-0.15, -0.1) is 0 Å². The van der Waals surface area contributed by atoms with E-state index in [1.807, 2.05) is 0 Å². The molecule has 0 fully saturated rings. The minimum Gasteiger partial charge on any atom is -0.385 e. The van der Waals surface area contributed by atoms with Crippen molar-refractivity contribution in [3.8, 4) is 0 Å². The summed E-state index contributed by atoms with van der Waals surface area (Å²) in [5.41, 5.74) is 0.338. The first kappa shape index (κ1) is 14.1. The van der Waals surface area contributed by atoms with E-state index >= 15 is 0 Å². The highest BCUT2D eigenvalue weighted by atomic mass is 79.9. The number of rotatable bonds is 5. The van der Waals surface area contributed by atoms with E-state index in [1.54, 1.807) is 25.1 Å².